The molecule has 4 rings (SSSR count). The van der Waals surface area contributed by atoms with Crippen LogP contribution in [0.15, 0.2) is 12.4 Å². The van der Waals surface area contributed by atoms with E-state index >= 15 is 0 Å². The van der Waals surface area contributed by atoms with Crippen LogP contribution in [0.2, 0.25) is 0 Å². The van der Waals surface area contributed by atoms with Gasteiger partial charge in [-0.2, -0.15) is 26.3 Å². The van der Waals surface area contributed by atoms with E-state index in [9.17, 15) is 31.1 Å². The molecule has 4 heterocycles. The van der Waals surface area contributed by atoms with Crippen LogP contribution in [-0.2, 0) is 36.0 Å². The maximum atomic E-state index is 13.0. The molecule has 0 aromatic carbocycles. The molecule has 1 unspecified atom stereocenters. The Hall–Kier alpha value is -2.92. The number of hydrogen-bond donors (Lipinski definition) is 2. The quantitative estimate of drug-likeness (QED) is 0.478. The van der Waals surface area contributed by atoms with Gasteiger partial charge in [0.25, 0.3) is 5.91 Å². The van der Waals surface area contributed by atoms with Crippen molar-refractivity contribution in [3.05, 3.63) is 18.2 Å². The highest BCUT2D eigenvalue weighted by molar-refractivity contribution is 5.81. The van der Waals surface area contributed by atoms with Crippen molar-refractivity contribution in [2.75, 3.05) is 45.9 Å². The van der Waals surface area contributed by atoms with Crippen LogP contribution in [0.1, 0.15) is 45.4 Å². The van der Waals surface area contributed by atoms with Gasteiger partial charge in [0.05, 0.1) is 6.54 Å². The molecule has 11 nitrogen and oxygen atoms in total. The smallest absolute Gasteiger partial charge is 0.475 e. The summed E-state index contributed by atoms with van der Waals surface area (Å²) in [7, 11) is 0. The van der Waals surface area contributed by atoms with Crippen molar-refractivity contribution in [1.29, 1.82) is 0 Å². The van der Waals surface area contributed by atoms with E-state index < -0.39 is 36.0 Å². The summed E-state index contributed by atoms with van der Waals surface area (Å²) in [6.07, 6.45) is -2.60. The number of fused-ring (bicyclic) bond motifs is 2. The van der Waals surface area contributed by atoms with Crippen molar-refractivity contribution in [2.45, 2.75) is 70.1 Å². The number of alkyl halides is 6. The normalized spacial score (nSPS) is 20.8. The van der Waals surface area contributed by atoms with Crippen LogP contribution < -0.4 is 0 Å². The molecule has 42 heavy (non-hydrogen) atoms. The monoisotopic (exact) mass is 618 g/mol. The minimum absolute atomic E-state index is 0.105. The number of aliphatic carboxylic acids is 2. The topological polar surface area (TPSA) is 134 Å². The molecule has 1 spiro atoms. The number of rotatable bonds is 5. The number of amides is 1. The molecule has 3 aliphatic heterocycles. The second-order valence-electron chi connectivity index (χ2n) is 9.98. The zero-order valence-corrected chi connectivity index (χ0v) is 23.3. The molecule has 2 N–H and O–H groups in total. The van der Waals surface area contributed by atoms with Crippen LogP contribution in [0.25, 0.3) is 0 Å². The van der Waals surface area contributed by atoms with Crippen molar-refractivity contribution >= 4 is 17.8 Å². The largest absolute Gasteiger partial charge is 0.490 e. The summed E-state index contributed by atoms with van der Waals surface area (Å²) in [6.45, 7) is 11.0. The van der Waals surface area contributed by atoms with Crippen molar-refractivity contribution in [3.8, 4) is 0 Å². The van der Waals surface area contributed by atoms with Gasteiger partial charge in [-0.15, -0.1) is 0 Å². The third-order valence-electron chi connectivity index (χ3n) is 7.21. The third kappa shape index (κ3) is 9.83. The first kappa shape index (κ1) is 35.3. The van der Waals surface area contributed by atoms with Gasteiger partial charge in [-0.05, 0) is 45.4 Å². The van der Waals surface area contributed by atoms with Crippen LogP contribution in [0.3, 0.4) is 0 Å². The molecule has 17 heteroatoms. The van der Waals surface area contributed by atoms with Crippen molar-refractivity contribution in [2.24, 2.45) is 5.92 Å². The lowest BCUT2D eigenvalue weighted by Gasteiger charge is -2.46. The second kappa shape index (κ2) is 15.0. The van der Waals surface area contributed by atoms with Crippen LogP contribution in [0.4, 0.5) is 26.3 Å². The van der Waals surface area contributed by atoms with Crippen LogP contribution in [0.5, 0.6) is 0 Å². The Morgan fingerprint density at radius 1 is 1.00 bits per heavy atom. The molecule has 3 aliphatic rings. The molecule has 0 aliphatic carbocycles. The summed E-state index contributed by atoms with van der Waals surface area (Å²) in [5.41, 5.74) is -0.429. The van der Waals surface area contributed by atoms with Crippen molar-refractivity contribution in [3.63, 3.8) is 0 Å². The molecule has 1 aromatic heterocycles. The molecule has 0 saturated carbocycles. The molecular formula is C25H36F6N4O7. The molecule has 2 saturated heterocycles. The SMILES string of the molecule is CCN(CC)C(=O)C1Cn2ccnc2C2(CCN(CC3CCOCC3)CC2)O1.O=C(O)C(F)(F)F.O=C(O)C(F)(F)F. The summed E-state index contributed by atoms with van der Waals surface area (Å²) >= 11 is 0. The van der Waals surface area contributed by atoms with Gasteiger partial charge in [0.1, 0.15) is 11.4 Å². The molecule has 1 amide bonds. The van der Waals surface area contributed by atoms with Crippen molar-refractivity contribution < 1.29 is 60.4 Å². The summed E-state index contributed by atoms with van der Waals surface area (Å²) in [4.78, 5) is 39.9. The minimum atomic E-state index is -5.08. The number of piperidine rings is 1. The van der Waals surface area contributed by atoms with Gasteiger partial charge in [-0.25, -0.2) is 14.6 Å². The lowest BCUT2D eigenvalue weighted by atomic mass is 9.87. The fourth-order valence-corrected chi connectivity index (χ4v) is 5.00. The van der Waals surface area contributed by atoms with Gasteiger partial charge in [0.2, 0.25) is 0 Å². The summed E-state index contributed by atoms with van der Waals surface area (Å²) in [5.74, 6) is -3.66. The first-order valence-corrected chi connectivity index (χ1v) is 13.4. The second-order valence-corrected chi connectivity index (χ2v) is 9.98. The Bertz CT molecular complexity index is 1010. The van der Waals surface area contributed by atoms with E-state index in [0.29, 0.717) is 6.54 Å². The summed E-state index contributed by atoms with van der Waals surface area (Å²) in [6, 6.07) is 0. The summed E-state index contributed by atoms with van der Waals surface area (Å²) in [5, 5.41) is 14.2. The average molecular weight is 619 g/mol. The van der Waals surface area contributed by atoms with Gasteiger partial charge < -0.3 is 34.1 Å². The molecule has 1 atom stereocenters. The van der Waals surface area contributed by atoms with Gasteiger partial charge in [-0.1, -0.05) is 0 Å². The Morgan fingerprint density at radius 2 is 1.50 bits per heavy atom. The Morgan fingerprint density at radius 3 is 1.95 bits per heavy atom. The first-order valence-electron chi connectivity index (χ1n) is 13.4. The maximum Gasteiger partial charge on any atom is 0.490 e. The zero-order valence-electron chi connectivity index (χ0n) is 23.3. The standard InChI is InChI=1S/C21H34N4O3.2C2HF3O2/c1-3-24(4-2)19(26)18-16-25-12-9-22-20(25)21(28-18)7-10-23(11-8-21)15-17-5-13-27-14-6-17;2*3-2(4,5)1(6)7/h9,12,17-18H,3-8,10-11,13-16H2,1-2H3;2*(H,6,7). The molecule has 1 aromatic rings. The fraction of sp³-hybridized carbons (Fsp3) is 0.760. The highest BCUT2D eigenvalue weighted by Crippen LogP contribution is 2.40. The van der Waals surface area contributed by atoms with E-state index in [-0.39, 0.29) is 5.91 Å². The minimum Gasteiger partial charge on any atom is -0.475 e. The van der Waals surface area contributed by atoms with Gasteiger partial charge in [0.15, 0.2) is 6.10 Å². The molecular weight excluding hydrogens is 582 g/mol. The number of nitrogens with zero attached hydrogens (tertiary/aromatic N) is 4. The van der Waals surface area contributed by atoms with Crippen LogP contribution >= 0.6 is 0 Å². The fourth-order valence-electron chi connectivity index (χ4n) is 5.00. The van der Waals surface area contributed by atoms with E-state index in [1.165, 1.54) is 12.8 Å². The van der Waals surface area contributed by atoms with Crippen LogP contribution in [-0.4, -0.2) is 112 Å². The number of carbonyl (C=O) groups is 3. The van der Waals surface area contributed by atoms with E-state index in [4.69, 9.17) is 29.3 Å². The maximum absolute atomic E-state index is 13.0. The van der Waals surface area contributed by atoms with Gasteiger partial charge >= 0.3 is 24.3 Å². The van der Waals surface area contributed by atoms with Crippen molar-refractivity contribution in [1.82, 2.24) is 19.4 Å². The van der Waals surface area contributed by atoms with E-state index in [0.717, 1.165) is 70.5 Å². The predicted octanol–water partition coefficient (Wildman–Crippen LogP) is 3.13. The zero-order chi connectivity index (χ0) is 31.7. The number of carboxylic acid groups (broad SMARTS) is 2. The molecule has 2 fully saturated rings. The number of carboxylic acids is 2. The third-order valence-corrected chi connectivity index (χ3v) is 7.21. The lowest BCUT2D eigenvalue weighted by Crippen LogP contribution is -2.55. The number of hydrogen-bond acceptors (Lipinski definition) is 7. The molecule has 0 radical (unpaired) electrons. The summed E-state index contributed by atoms with van der Waals surface area (Å²) < 4.78 is 77.7. The molecule has 240 valence electrons. The van der Waals surface area contributed by atoms with Gasteiger partial charge in [0, 0.05) is 58.3 Å². The Labute approximate surface area is 238 Å². The van der Waals surface area contributed by atoms with E-state index in [1.54, 1.807) is 0 Å². The Balaban J connectivity index is 0.000000367. The van der Waals surface area contributed by atoms with Crippen LogP contribution in [0, 0.1) is 5.92 Å². The number of carbonyl (C=O) groups excluding carboxylic acids is 1. The highest BCUT2D eigenvalue weighted by Gasteiger charge is 2.47. The predicted molar refractivity (Wildman–Crippen MR) is 133 cm³/mol. The highest BCUT2D eigenvalue weighted by atomic mass is 19.4. The number of aromatic nitrogens is 2. The number of likely N-dealkylation sites (N-methyl/N-ethyl adjacent to an activating group) is 1. The average Bonchev–Trinajstić information content (AvgIpc) is 3.41. The Kier molecular flexibility index (Phi) is 12.6. The first-order chi connectivity index (χ1) is 19.5. The van der Waals surface area contributed by atoms with Gasteiger partial charge in [-0.3, -0.25) is 4.79 Å². The van der Waals surface area contributed by atoms with E-state index in [1.807, 2.05) is 31.1 Å². The number of imidazole rings is 1. The molecule has 0 bridgehead atoms. The van der Waals surface area contributed by atoms with E-state index in [2.05, 4.69) is 14.5 Å². The number of halogens is 6. The number of likely N-dealkylation sites (tertiary alicyclic amines) is 1. The lowest BCUT2D eigenvalue weighted by molar-refractivity contribution is -0.193. The number of ether oxygens (including phenoxy) is 2.